The fourth-order valence-corrected chi connectivity index (χ4v) is 4.00. The SMILES string of the molecule is Cc1ccccc1C(=O)NCc1nn(CC(=O)N[C@@H]2CCCC[C@@H]2C)c(=S)n1C. The van der Waals surface area contributed by atoms with Gasteiger partial charge in [-0.2, -0.15) is 5.10 Å². The Morgan fingerprint density at radius 2 is 1.97 bits per heavy atom. The number of nitrogens with one attached hydrogen (secondary N) is 2. The van der Waals surface area contributed by atoms with Crippen LogP contribution < -0.4 is 10.6 Å². The van der Waals surface area contributed by atoms with Gasteiger partial charge in [0, 0.05) is 18.7 Å². The first kappa shape index (κ1) is 21.2. The topological polar surface area (TPSA) is 80.9 Å². The quantitative estimate of drug-likeness (QED) is 0.711. The van der Waals surface area contributed by atoms with Gasteiger partial charge in [-0.15, -0.1) is 0 Å². The van der Waals surface area contributed by atoms with Crippen LogP contribution in [0.5, 0.6) is 0 Å². The van der Waals surface area contributed by atoms with E-state index in [-0.39, 0.29) is 30.9 Å². The van der Waals surface area contributed by atoms with E-state index in [9.17, 15) is 9.59 Å². The third kappa shape index (κ3) is 5.12. The Kier molecular flexibility index (Phi) is 6.84. The number of carbonyl (C=O) groups excluding carboxylic acids is 2. The van der Waals surface area contributed by atoms with Crippen molar-refractivity contribution in [2.24, 2.45) is 13.0 Å². The first-order chi connectivity index (χ1) is 13.9. The summed E-state index contributed by atoms with van der Waals surface area (Å²) < 4.78 is 3.70. The average Bonchev–Trinajstić information content (AvgIpc) is 2.96. The molecule has 0 unspecified atom stereocenters. The van der Waals surface area contributed by atoms with E-state index in [1.807, 2.05) is 25.1 Å². The molecule has 2 aromatic rings. The molecule has 7 nitrogen and oxygen atoms in total. The second kappa shape index (κ2) is 9.35. The molecule has 2 N–H and O–H groups in total. The predicted octanol–water partition coefficient (Wildman–Crippen LogP) is 2.88. The Morgan fingerprint density at radius 1 is 1.24 bits per heavy atom. The van der Waals surface area contributed by atoms with Crippen molar-refractivity contribution in [3.8, 4) is 0 Å². The molecule has 3 rings (SSSR count). The Labute approximate surface area is 176 Å². The molecule has 29 heavy (non-hydrogen) atoms. The van der Waals surface area contributed by atoms with Crippen LogP contribution in [0.1, 0.15) is 54.4 Å². The number of amides is 2. The van der Waals surface area contributed by atoms with Crippen LogP contribution in [0.3, 0.4) is 0 Å². The molecular weight excluding hydrogens is 386 g/mol. The summed E-state index contributed by atoms with van der Waals surface area (Å²) in [4.78, 5) is 24.9. The lowest BCUT2D eigenvalue weighted by molar-refractivity contribution is -0.123. The fourth-order valence-electron chi connectivity index (χ4n) is 3.79. The van der Waals surface area contributed by atoms with Gasteiger partial charge in [0.2, 0.25) is 5.91 Å². The molecule has 2 amide bonds. The maximum absolute atomic E-state index is 12.5. The van der Waals surface area contributed by atoms with Crippen molar-refractivity contribution in [1.29, 1.82) is 0 Å². The third-order valence-corrected chi connectivity index (χ3v) is 6.16. The number of nitrogens with zero attached hydrogens (tertiary/aromatic N) is 3. The molecular formula is C21H29N5O2S. The van der Waals surface area contributed by atoms with E-state index in [0.29, 0.717) is 22.1 Å². The molecule has 1 aliphatic rings. The molecule has 1 aromatic carbocycles. The molecule has 1 aliphatic carbocycles. The zero-order valence-corrected chi connectivity index (χ0v) is 18.1. The second-order valence-electron chi connectivity index (χ2n) is 7.85. The first-order valence-corrected chi connectivity index (χ1v) is 10.5. The monoisotopic (exact) mass is 415 g/mol. The zero-order valence-electron chi connectivity index (χ0n) is 17.3. The van der Waals surface area contributed by atoms with Gasteiger partial charge in [-0.25, -0.2) is 4.68 Å². The van der Waals surface area contributed by atoms with Crippen LogP contribution in [-0.4, -0.2) is 32.2 Å². The van der Waals surface area contributed by atoms with Gasteiger partial charge in [-0.3, -0.25) is 9.59 Å². The molecule has 1 aromatic heterocycles. The van der Waals surface area contributed by atoms with Gasteiger partial charge >= 0.3 is 0 Å². The number of aryl methyl sites for hydroxylation is 1. The van der Waals surface area contributed by atoms with E-state index >= 15 is 0 Å². The van der Waals surface area contributed by atoms with Crippen LogP contribution in [-0.2, 0) is 24.9 Å². The summed E-state index contributed by atoms with van der Waals surface area (Å²) in [5.74, 6) is 0.869. The molecule has 0 saturated heterocycles. The number of hydrogen-bond acceptors (Lipinski definition) is 4. The maximum Gasteiger partial charge on any atom is 0.251 e. The smallest absolute Gasteiger partial charge is 0.251 e. The molecule has 0 radical (unpaired) electrons. The van der Waals surface area contributed by atoms with E-state index in [4.69, 9.17) is 12.2 Å². The summed E-state index contributed by atoms with van der Waals surface area (Å²) >= 11 is 5.42. The Balaban J connectivity index is 1.62. The molecule has 1 saturated carbocycles. The summed E-state index contributed by atoms with van der Waals surface area (Å²) in [7, 11) is 1.79. The van der Waals surface area contributed by atoms with Gasteiger partial charge in [0.05, 0.1) is 6.54 Å². The van der Waals surface area contributed by atoms with E-state index in [1.165, 1.54) is 11.1 Å². The molecule has 1 fully saturated rings. The van der Waals surface area contributed by atoms with Crippen molar-refractivity contribution < 1.29 is 9.59 Å². The molecule has 156 valence electrons. The lowest BCUT2D eigenvalue weighted by Crippen LogP contribution is -2.42. The van der Waals surface area contributed by atoms with Crippen LogP contribution in [0, 0.1) is 17.6 Å². The van der Waals surface area contributed by atoms with E-state index < -0.39 is 0 Å². The molecule has 8 heteroatoms. The summed E-state index contributed by atoms with van der Waals surface area (Å²) in [5, 5.41) is 10.5. The Bertz CT molecular complexity index is 949. The summed E-state index contributed by atoms with van der Waals surface area (Å²) in [5.41, 5.74) is 1.55. The highest BCUT2D eigenvalue weighted by Gasteiger charge is 2.23. The zero-order chi connectivity index (χ0) is 21.0. The highest BCUT2D eigenvalue weighted by atomic mass is 32.1. The minimum Gasteiger partial charge on any atom is -0.351 e. The number of aromatic nitrogens is 3. The Morgan fingerprint density at radius 3 is 2.69 bits per heavy atom. The van der Waals surface area contributed by atoms with E-state index in [0.717, 1.165) is 24.8 Å². The second-order valence-corrected chi connectivity index (χ2v) is 8.21. The minimum absolute atomic E-state index is 0.0755. The van der Waals surface area contributed by atoms with Gasteiger partial charge in [-0.1, -0.05) is 38.0 Å². The summed E-state index contributed by atoms with van der Waals surface area (Å²) in [6.45, 7) is 4.41. The van der Waals surface area contributed by atoms with Crippen molar-refractivity contribution >= 4 is 24.0 Å². The maximum atomic E-state index is 12.5. The minimum atomic E-state index is -0.160. The highest BCUT2D eigenvalue weighted by molar-refractivity contribution is 7.71. The lowest BCUT2D eigenvalue weighted by Gasteiger charge is -2.29. The fraction of sp³-hybridized carbons (Fsp3) is 0.524. The molecule has 2 atom stereocenters. The van der Waals surface area contributed by atoms with Gasteiger partial charge in [0.15, 0.2) is 10.6 Å². The van der Waals surface area contributed by atoms with E-state index in [2.05, 4.69) is 22.7 Å². The third-order valence-electron chi connectivity index (χ3n) is 5.68. The van der Waals surface area contributed by atoms with Gasteiger partial charge in [0.25, 0.3) is 5.91 Å². The van der Waals surface area contributed by atoms with Crippen LogP contribution in [0.4, 0.5) is 0 Å². The molecule has 0 spiro atoms. The van der Waals surface area contributed by atoms with Gasteiger partial charge in [-0.05, 0) is 49.5 Å². The van der Waals surface area contributed by atoms with Crippen LogP contribution in [0.15, 0.2) is 24.3 Å². The molecule has 0 aliphatic heterocycles. The average molecular weight is 416 g/mol. The van der Waals surface area contributed by atoms with Crippen molar-refractivity contribution in [2.75, 3.05) is 0 Å². The molecule has 0 bridgehead atoms. The largest absolute Gasteiger partial charge is 0.351 e. The van der Waals surface area contributed by atoms with Crippen LogP contribution >= 0.6 is 12.2 Å². The lowest BCUT2D eigenvalue weighted by atomic mass is 9.86. The number of benzene rings is 1. The van der Waals surface area contributed by atoms with Crippen molar-refractivity contribution in [3.05, 3.63) is 46.0 Å². The van der Waals surface area contributed by atoms with E-state index in [1.54, 1.807) is 17.7 Å². The van der Waals surface area contributed by atoms with Crippen molar-refractivity contribution in [1.82, 2.24) is 25.0 Å². The van der Waals surface area contributed by atoms with Crippen molar-refractivity contribution in [3.63, 3.8) is 0 Å². The number of hydrogen-bond donors (Lipinski definition) is 2. The van der Waals surface area contributed by atoms with Gasteiger partial charge < -0.3 is 15.2 Å². The number of carbonyl (C=O) groups is 2. The first-order valence-electron chi connectivity index (χ1n) is 10.1. The van der Waals surface area contributed by atoms with Crippen LogP contribution in [0.2, 0.25) is 0 Å². The normalized spacial score (nSPS) is 19.0. The van der Waals surface area contributed by atoms with Crippen LogP contribution in [0.25, 0.3) is 0 Å². The Hall–Kier alpha value is -2.48. The number of rotatable bonds is 6. The predicted molar refractivity (Wildman–Crippen MR) is 114 cm³/mol. The summed E-state index contributed by atoms with van der Waals surface area (Å²) in [6.07, 6.45) is 4.56. The highest BCUT2D eigenvalue weighted by Crippen LogP contribution is 2.23. The molecule has 1 heterocycles. The summed E-state index contributed by atoms with van der Waals surface area (Å²) in [6, 6.07) is 7.65. The van der Waals surface area contributed by atoms with Crippen molar-refractivity contribution in [2.45, 2.75) is 58.7 Å². The van der Waals surface area contributed by atoms with Gasteiger partial charge in [0.1, 0.15) is 6.54 Å². The standard InChI is InChI=1S/C21H29N5O2S/c1-14-8-4-6-10-16(14)20(28)22-12-18-24-26(21(29)25(18)3)13-19(27)23-17-11-7-5-9-15(17)2/h4,6,8,10,15,17H,5,7,9,11-13H2,1-3H3,(H,22,28)(H,23,27)/t15-,17+/m0/s1.